The average Bonchev–Trinajstić information content (AvgIpc) is 3.51. The van der Waals surface area contributed by atoms with Crippen molar-refractivity contribution in [1.82, 2.24) is 14.6 Å². The normalized spacial score (nSPS) is 15.5. The van der Waals surface area contributed by atoms with Crippen LogP contribution in [0.2, 0.25) is 0 Å². The third-order valence-corrected chi connectivity index (χ3v) is 7.38. The lowest BCUT2D eigenvalue weighted by Gasteiger charge is -2.35. The van der Waals surface area contributed by atoms with Crippen molar-refractivity contribution in [2.75, 3.05) is 37.6 Å². The van der Waals surface area contributed by atoms with Crippen LogP contribution >= 0.6 is 11.5 Å². The minimum absolute atomic E-state index is 0.120. The lowest BCUT2D eigenvalue weighted by atomic mass is 10.1. The van der Waals surface area contributed by atoms with Gasteiger partial charge in [0.2, 0.25) is 0 Å². The number of rotatable bonds is 11. The fraction of sp³-hybridized carbons (Fsp3) is 0.500. The maximum Gasteiger partial charge on any atom is 0.287 e. The van der Waals surface area contributed by atoms with E-state index in [0.717, 1.165) is 64.2 Å². The monoisotopic (exact) mass is 482 g/mol. The molecule has 1 fully saturated rings. The molecule has 1 atom stereocenters. The Morgan fingerprint density at radius 2 is 1.82 bits per heavy atom. The highest BCUT2D eigenvalue weighted by molar-refractivity contribution is 7.13. The van der Waals surface area contributed by atoms with Gasteiger partial charge in [-0.1, -0.05) is 31.9 Å². The molecule has 4 rings (SSSR count). The number of hydrogen-bond acceptors (Lipinski definition) is 7. The number of anilines is 1. The van der Waals surface area contributed by atoms with Gasteiger partial charge in [-0.05, 0) is 61.6 Å². The molecule has 0 spiro atoms. The predicted octanol–water partition coefficient (Wildman–Crippen LogP) is 4.98. The minimum Gasteiger partial charge on any atom is -0.448 e. The number of carbonyl (C=O) groups is 2. The summed E-state index contributed by atoms with van der Waals surface area (Å²) < 4.78 is 11.3. The summed E-state index contributed by atoms with van der Waals surface area (Å²) >= 11 is 1.59. The lowest BCUT2D eigenvalue weighted by molar-refractivity contribution is 0.0898. The number of unbranched alkanes of at least 4 members (excludes halogenated alkanes) is 2. The van der Waals surface area contributed by atoms with Crippen molar-refractivity contribution in [2.24, 2.45) is 0 Å². The summed E-state index contributed by atoms with van der Waals surface area (Å²) in [5.74, 6) is 1.14. The van der Waals surface area contributed by atoms with Crippen LogP contribution < -0.4 is 10.2 Å². The molecule has 0 aliphatic carbocycles. The molecule has 1 unspecified atom stereocenters. The Morgan fingerprint density at radius 3 is 2.56 bits per heavy atom. The molecule has 1 aliphatic heterocycles. The van der Waals surface area contributed by atoms with Crippen LogP contribution in [0, 0.1) is 0 Å². The maximum atomic E-state index is 12.4. The van der Waals surface area contributed by atoms with E-state index in [1.165, 1.54) is 23.4 Å². The number of carbonyl (C=O) groups excluding carboxylic acids is 2. The van der Waals surface area contributed by atoms with E-state index in [9.17, 15) is 9.59 Å². The van der Waals surface area contributed by atoms with E-state index in [-0.39, 0.29) is 29.3 Å². The van der Waals surface area contributed by atoms with Gasteiger partial charge in [0, 0.05) is 44.5 Å². The third kappa shape index (κ3) is 6.04. The van der Waals surface area contributed by atoms with Gasteiger partial charge in [0.1, 0.15) is 5.82 Å². The molecular weight excluding hydrogens is 448 g/mol. The maximum absolute atomic E-state index is 12.4. The van der Waals surface area contributed by atoms with Gasteiger partial charge in [-0.3, -0.25) is 14.5 Å². The van der Waals surface area contributed by atoms with Crippen molar-refractivity contribution < 1.29 is 14.0 Å². The second-order valence-corrected chi connectivity index (χ2v) is 9.78. The number of nitrogens with zero attached hydrogens (tertiary/aromatic N) is 3. The Balaban J connectivity index is 1.13. The van der Waals surface area contributed by atoms with Crippen LogP contribution in [0.5, 0.6) is 0 Å². The van der Waals surface area contributed by atoms with Crippen molar-refractivity contribution in [3.8, 4) is 0 Å². The van der Waals surface area contributed by atoms with E-state index >= 15 is 0 Å². The highest BCUT2D eigenvalue weighted by Gasteiger charge is 2.21. The van der Waals surface area contributed by atoms with Crippen LogP contribution in [0.25, 0.3) is 10.1 Å². The molecule has 34 heavy (non-hydrogen) atoms. The molecule has 1 saturated heterocycles. The largest absolute Gasteiger partial charge is 0.448 e. The fourth-order valence-electron chi connectivity index (χ4n) is 4.47. The first kappa shape index (κ1) is 24.4. The standard InChI is InChI=1S/C26H34N4O3S/c1-3-20(27-26(32)23-13-12-22(33-23)19(2)31)9-5-4-8-14-29-15-17-30(18-16-29)25-21-10-6-7-11-24(21)34-28-25/h6-7,10-13,20H,3-5,8-9,14-18H2,1-2H3,(H,27,32). The Morgan fingerprint density at radius 1 is 1.06 bits per heavy atom. The number of benzene rings is 1. The number of ketones is 1. The zero-order chi connectivity index (χ0) is 23.9. The second kappa shape index (κ2) is 11.6. The molecule has 3 heterocycles. The Bertz CT molecular complexity index is 1100. The first-order chi connectivity index (χ1) is 16.5. The van der Waals surface area contributed by atoms with Crippen LogP contribution in [0.15, 0.2) is 40.8 Å². The van der Waals surface area contributed by atoms with Gasteiger partial charge in [0.25, 0.3) is 5.91 Å². The molecule has 7 nitrogen and oxygen atoms in total. The summed E-state index contributed by atoms with van der Waals surface area (Å²) in [5, 5.41) is 4.31. The Kier molecular flexibility index (Phi) is 8.34. The zero-order valence-electron chi connectivity index (χ0n) is 20.1. The van der Waals surface area contributed by atoms with E-state index in [1.54, 1.807) is 23.7 Å². The van der Waals surface area contributed by atoms with Crippen LogP contribution in [0.4, 0.5) is 5.82 Å². The van der Waals surface area contributed by atoms with Gasteiger partial charge < -0.3 is 14.6 Å². The smallest absolute Gasteiger partial charge is 0.287 e. The van der Waals surface area contributed by atoms with Crippen molar-refractivity contribution in [1.29, 1.82) is 0 Å². The summed E-state index contributed by atoms with van der Waals surface area (Å²) in [5.41, 5.74) is 0. The molecule has 8 heteroatoms. The zero-order valence-corrected chi connectivity index (χ0v) is 20.9. The molecule has 1 N–H and O–H groups in total. The number of nitrogens with one attached hydrogen (secondary N) is 1. The van der Waals surface area contributed by atoms with E-state index in [2.05, 4.69) is 46.3 Å². The van der Waals surface area contributed by atoms with E-state index in [1.807, 2.05) is 0 Å². The average molecular weight is 483 g/mol. The number of hydrogen-bond donors (Lipinski definition) is 1. The quantitative estimate of drug-likeness (QED) is 0.307. The first-order valence-electron chi connectivity index (χ1n) is 12.3. The summed E-state index contributed by atoms with van der Waals surface area (Å²) in [6.45, 7) is 8.83. The van der Waals surface area contributed by atoms with Crippen LogP contribution in [0.3, 0.4) is 0 Å². The van der Waals surface area contributed by atoms with Crippen molar-refractivity contribution in [3.05, 3.63) is 47.9 Å². The topological polar surface area (TPSA) is 78.7 Å². The molecule has 182 valence electrons. The third-order valence-electron chi connectivity index (χ3n) is 6.56. The number of fused-ring (bicyclic) bond motifs is 1. The van der Waals surface area contributed by atoms with Gasteiger partial charge in [0.05, 0.1) is 4.70 Å². The van der Waals surface area contributed by atoms with Gasteiger partial charge in [-0.2, -0.15) is 4.37 Å². The van der Waals surface area contributed by atoms with E-state index < -0.39 is 0 Å². The van der Waals surface area contributed by atoms with E-state index in [0.29, 0.717) is 0 Å². The molecule has 3 aromatic rings. The molecule has 0 bridgehead atoms. The second-order valence-electron chi connectivity index (χ2n) is 8.98. The fourth-order valence-corrected chi connectivity index (χ4v) is 5.27. The van der Waals surface area contributed by atoms with Crippen molar-refractivity contribution >= 4 is 39.1 Å². The number of piperazine rings is 1. The molecule has 1 aromatic carbocycles. The van der Waals surface area contributed by atoms with Gasteiger partial charge in [0.15, 0.2) is 17.3 Å². The molecular formula is C26H34N4O3S. The predicted molar refractivity (Wildman–Crippen MR) is 137 cm³/mol. The molecule has 2 aromatic heterocycles. The van der Waals surface area contributed by atoms with Crippen molar-refractivity contribution in [3.63, 3.8) is 0 Å². The van der Waals surface area contributed by atoms with Gasteiger partial charge in [-0.25, -0.2) is 0 Å². The Labute approximate surface area is 205 Å². The summed E-state index contributed by atoms with van der Waals surface area (Å²) in [6.07, 6.45) is 5.23. The SMILES string of the molecule is CCC(CCCCCN1CCN(c2nsc3ccccc23)CC1)NC(=O)c1ccc(C(C)=O)o1. The van der Waals surface area contributed by atoms with Crippen LogP contribution in [-0.4, -0.2) is 59.7 Å². The van der Waals surface area contributed by atoms with E-state index in [4.69, 9.17) is 8.79 Å². The van der Waals surface area contributed by atoms with Crippen LogP contribution in [-0.2, 0) is 0 Å². The molecule has 1 aliphatic rings. The summed E-state index contributed by atoms with van der Waals surface area (Å²) in [4.78, 5) is 28.7. The van der Waals surface area contributed by atoms with Crippen LogP contribution in [0.1, 0.15) is 67.1 Å². The molecule has 0 radical (unpaired) electrons. The summed E-state index contributed by atoms with van der Waals surface area (Å²) in [6, 6.07) is 11.7. The Hall–Kier alpha value is -2.71. The van der Waals surface area contributed by atoms with Gasteiger partial charge in [-0.15, -0.1) is 0 Å². The molecule has 1 amide bonds. The molecule has 0 saturated carbocycles. The van der Waals surface area contributed by atoms with Crippen molar-refractivity contribution in [2.45, 2.75) is 52.0 Å². The number of amides is 1. The number of Topliss-reactive ketones (excluding diaryl/α,β-unsaturated/α-hetero) is 1. The number of furan rings is 1. The number of aromatic nitrogens is 1. The first-order valence-corrected chi connectivity index (χ1v) is 13.1. The minimum atomic E-state index is -0.245. The highest BCUT2D eigenvalue weighted by atomic mass is 32.1. The highest BCUT2D eigenvalue weighted by Crippen LogP contribution is 2.29. The summed E-state index contributed by atoms with van der Waals surface area (Å²) in [7, 11) is 0. The van der Waals surface area contributed by atoms with Gasteiger partial charge >= 0.3 is 0 Å². The lowest BCUT2D eigenvalue weighted by Crippen LogP contribution is -2.46.